The van der Waals surface area contributed by atoms with Crippen molar-refractivity contribution in [1.29, 1.82) is 0 Å². The van der Waals surface area contributed by atoms with Crippen molar-refractivity contribution in [2.75, 3.05) is 13.1 Å². The van der Waals surface area contributed by atoms with Gasteiger partial charge in [-0.15, -0.1) is 0 Å². The highest BCUT2D eigenvalue weighted by Gasteiger charge is 2.20. The van der Waals surface area contributed by atoms with Gasteiger partial charge in [0.05, 0.1) is 0 Å². The maximum Gasteiger partial charge on any atom is 0.242 e. The first-order valence-electron chi connectivity index (χ1n) is 7.13. The van der Waals surface area contributed by atoms with Gasteiger partial charge in [-0.05, 0) is 37.1 Å². The number of hydrogen-bond donors (Lipinski definition) is 3. The number of halogens is 2. The number of amides is 2. The summed E-state index contributed by atoms with van der Waals surface area (Å²) in [6, 6.07) is 2.57. The molecule has 7 heteroatoms. The van der Waals surface area contributed by atoms with Crippen LogP contribution in [-0.4, -0.2) is 30.9 Å². The van der Waals surface area contributed by atoms with E-state index in [1.54, 1.807) is 0 Å². The Bertz CT molecular complexity index is 524. The zero-order valence-corrected chi connectivity index (χ0v) is 12.5. The van der Waals surface area contributed by atoms with Gasteiger partial charge in [0.1, 0.15) is 6.04 Å². The first-order chi connectivity index (χ1) is 10.4. The smallest absolute Gasteiger partial charge is 0.242 e. The van der Waals surface area contributed by atoms with Gasteiger partial charge in [0.25, 0.3) is 0 Å². The number of hydrogen-bond acceptors (Lipinski definition) is 3. The van der Waals surface area contributed by atoms with E-state index in [4.69, 9.17) is 5.73 Å². The lowest BCUT2D eigenvalue weighted by atomic mass is 10.0. The average molecular weight is 313 g/mol. The third kappa shape index (κ3) is 6.17. The molecule has 5 nitrogen and oxygen atoms in total. The molecule has 0 saturated carbocycles. The van der Waals surface area contributed by atoms with Crippen LogP contribution in [0.5, 0.6) is 0 Å². The van der Waals surface area contributed by atoms with E-state index in [0.29, 0.717) is 18.7 Å². The van der Waals surface area contributed by atoms with Gasteiger partial charge in [0.2, 0.25) is 11.8 Å². The molecule has 0 bridgehead atoms. The summed E-state index contributed by atoms with van der Waals surface area (Å²) in [5, 5.41) is 5.20. The predicted octanol–water partition coefficient (Wildman–Crippen LogP) is 0.867. The van der Waals surface area contributed by atoms with Gasteiger partial charge in [-0.3, -0.25) is 9.59 Å². The quantitative estimate of drug-likeness (QED) is 0.623. The molecule has 1 aromatic carbocycles. The molecule has 1 aromatic rings. The van der Waals surface area contributed by atoms with Crippen molar-refractivity contribution in [2.45, 2.75) is 32.2 Å². The van der Waals surface area contributed by atoms with Crippen molar-refractivity contribution < 1.29 is 18.4 Å². The number of unbranched alkanes of at least 4 members (excludes halogenated alkanes) is 1. The number of carbonyl (C=O) groups is 2. The third-order valence-corrected chi connectivity index (χ3v) is 3.05. The second-order valence-electron chi connectivity index (χ2n) is 4.99. The van der Waals surface area contributed by atoms with Gasteiger partial charge in [0, 0.05) is 19.9 Å². The van der Waals surface area contributed by atoms with Gasteiger partial charge in [-0.1, -0.05) is 6.07 Å². The van der Waals surface area contributed by atoms with Crippen LogP contribution in [0.2, 0.25) is 0 Å². The third-order valence-electron chi connectivity index (χ3n) is 3.05. The first-order valence-corrected chi connectivity index (χ1v) is 7.13. The SMILES string of the molecule is CC(=O)NC(Cc1ccc(F)c(F)c1)C(=O)NCCCCN. The summed E-state index contributed by atoms with van der Waals surface area (Å²) in [6.07, 6.45) is 1.61. The van der Waals surface area contributed by atoms with Crippen molar-refractivity contribution in [2.24, 2.45) is 5.73 Å². The zero-order valence-electron chi connectivity index (χ0n) is 12.5. The molecule has 0 saturated heterocycles. The van der Waals surface area contributed by atoms with Crippen molar-refractivity contribution in [3.63, 3.8) is 0 Å². The van der Waals surface area contributed by atoms with Gasteiger partial charge in [0.15, 0.2) is 11.6 Å². The molecule has 4 N–H and O–H groups in total. The molecule has 0 spiro atoms. The van der Waals surface area contributed by atoms with Crippen molar-refractivity contribution in [3.05, 3.63) is 35.4 Å². The molecule has 1 rings (SSSR count). The molecular weight excluding hydrogens is 292 g/mol. The van der Waals surface area contributed by atoms with Crippen LogP contribution in [0.3, 0.4) is 0 Å². The van der Waals surface area contributed by atoms with Crippen molar-refractivity contribution >= 4 is 11.8 Å². The molecule has 0 fully saturated rings. The highest BCUT2D eigenvalue weighted by Crippen LogP contribution is 2.11. The molecule has 2 amide bonds. The molecule has 0 aliphatic heterocycles. The number of rotatable bonds is 8. The lowest BCUT2D eigenvalue weighted by molar-refractivity contribution is -0.128. The minimum atomic E-state index is -0.984. The van der Waals surface area contributed by atoms with Crippen LogP contribution in [0.25, 0.3) is 0 Å². The Morgan fingerprint density at radius 2 is 1.95 bits per heavy atom. The maximum atomic E-state index is 13.2. The zero-order chi connectivity index (χ0) is 16.5. The van der Waals surface area contributed by atoms with Crippen LogP contribution in [-0.2, 0) is 16.0 Å². The second-order valence-corrected chi connectivity index (χ2v) is 4.99. The van der Waals surface area contributed by atoms with Gasteiger partial charge in [-0.2, -0.15) is 0 Å². The van der Waals surface area contributed by atoms with Crippen LogP contribution < -0.4 is 16.4 Å². The monoisotopic (exact) mass is 313 g/mol. The van der Waals surface area contributed by atoms with Crippen LogP contribution >= 0.6 is 0 Å². The molecule has 1 unspecified atom stereocenters. The van der Waals surface area contributed by atoms with E-state index in [-0.39, 0.29) is 18.2 Å². The highest BCUT2D eigenvalue weighted by atomic mass is 19.2. The fraction of sp³-hybridized carbons (Fsp3) is 0.467. The summed E-state index contributed by atoms with van der Waals surface area (Å²) in [5.74, 6) is -2.67. The van der Waals surface area contributed by atoms with Crippen LogP contribution in [0.1, 0.15) is 25.3 Å². The molecule has 0 heterocycles. The first kappa shape index (κ1) is 18.0. The molecular formula is C15H21F2N3O2. The van der Waals surface area contributed by atoms with E-state index in [0.717, 1.165) is 25.0 Å². The largest absolute Gasteiger partial charge is 0.354 e. The van der Waals surface area contributed by atoms with Crippen LogP contribution in [0, 0.1) is 11.6 Å². The Kier molecular flexibility index (Phi) is 7.45. The van der Waals surface area contributed by atoms with E-state index in [2.05, 4.69) is 10.6 Å². The Balaban J connectivity index is 2.68. The van der Waals surface area contributed by atoms with E-state index >= 15 is 0 Å². The summed E-state index contributed by atoms with van der Waals surface area (Å²) in [5.41, 5.74) is 5.79. The Morgan fingerprint density at radius 3 is 2.55 bits per heavy atom. The minimum Gasteiger partial charge on any atom is -0.354 e. The summed E-state index contributed by atoms with van der Waals surface area (Å²) in [7, 11) is 0. The Hall–Kier alpha value is -2.02. The average Bonchev–Trinajstić information content (AvgIpc) is 2.46. The molecule has 1 atom stereocenters. The van der Waals surface area contributed by atoms with Gasteiger partial charge >= 0.3 is 0 Å². The number of benzene rings is 1. The van der Waals surface area contributed by atoms with Crippen molar-refractivity contribution in [1.82, 2.24) is 10.6 Å². The minimum absolute atomic E-state index is 0.0828. The predicted molar refractivity (Wildman–Crippen MR) is 79.0 cm³/mol. The van der Waals surface area contributed by atoms with Crippen LogP contribution in [0.4, 0.5) is 8.78 Å². The summed E-state index contributed by atoms with van der Waals surface area (Å²) < 4.78 is 26.1. The normalized spacial score (nSPS) is 11.8. The number of carbonyl (C=O) groups excluding carboxylic acids is 2. The lowest BCUT2D eigenvalue weighted by Crippen LogP contribution is -2.47. The standard InChI is InChI=1S/C15H21F2N3O2/c1-10(21)20-14(15(22)19-7-3-2-6-18)9-11-4-5-12(16)13(17)8-11/h4-5,8,14H,2-3,6-7,9,18H2,1H3,(H,19,22)(H,20,21). The number of nitrogens with one attached hydrogen (secondary N) is 2. The molecule has 122 valence electrons. The Labute approximate surface area is 128 Å². The fourth-order valence-corrected chi connectivity index (χ4v) is 1.96. The molecule has 0 radical (unpaired) electrons. The van der Waals surface area contributed by atoms with E-state index in [1.165, 1.54) is 13.0 Å². The lowest BCUT2D eigenvalue weighted by Gasteiger charge is -2.18. The number of nitrogens with two attached hydrogens (primary N) is 1. The summed E-state index contributed by atoms with van der Waals surface area (Å²) in [6.45, 7) is 2.28. The van der Waals surface area contributed by atoms with E-state index in [9.17, 15) is 18.4 Å². The van der Waals surface area contributed by atoms with Gasteiger partial charge < -0.3 is 16.4 Å². The maximum absolute atomic E-state index is 13.2. The van der Waals surface area contributed by atoms with Crippen LogP contribution in [0.15, 0.2) is 18.2 Å². The fourth-order valence-electron chi connectivity index (χ4n) is 1.96. The highest BCUT2D eigenvalue weighted by molar-refractivity contribution is 5.87. The van der Waals surface area contributed by atoms with E-state index < -0.39 is 17.7 Å². The summed E-state index contributed by atoms with van der Waals surface area (Å²) in [4.78, 5) is 23.3. The second kappa shape index (κ2) is 9.09. The Morgan fingerprint density at radius 1 is 1.23 bits per heavy atom. The molecule has 22 heavy (non-hydrogen) atoms. The topological polar surface area (TPSA) is 84.2 Å². The van der Waals surface area contributed by atoms with Gasteiger partial charge in [-0.25, -0.2) is 8.78 Å². The van der Waals surface area contributed by atoms with Crippen molar-refractivity contribution in [3.8, 4) is 0 Å². The molecule has 0 aliphatic rings. The summed E-state index contributed by atoms with van der Waals surface area (Å²) >= 11 is 0. The molecule has 0 aliphatic carbocycles. The van der Waals surface area contributed by atoms with E-state index in [1.807, 2.05) is 0 Å². The molecule has 0 aromatic heterocycles.